The number of hydrazine groups is 1. The summed E-state index contributed by atoms with van der Waals surface area (Å²) >= 11 is 0. The lowest BCUT2D eigenvalue weighted by molar-refractivity contribution is -0.384. The molecule has 1 aliphatic rings. The molecule has 1 heterocycles. The first-order valence-corrected chi connectivity index (χ1v) is 7.91. The van der Waals surface area contributed by atoms with Crippen LogP contribution in [0.4, 0.5) is 11.4 Å². The van der Waals surface area contributed by atoms with Gasteiger partial charge in [-0.2, -0.15) is 0 Å². The van der Waals surface area contributed by atoms with Crippen LogP contribution in [0.5, 0.6) is 0 Å². The van der Waals surface area contributed by atoms with Gasteiger partial charge in [0, 0.05) is 24.7 Å². The van der Waals surface area contributed by atoms with Crippen LogP contribution in [0.1, 0.15) is 10.4 Å². The van der Waals surface area contributed by atoms with Gasteiger partial charge in [0.15, 0.2) is 9.84 Å². The van der Waals surface area contributed by atoms with Crippen LogP contribution >= 0.6 is 0 Å². The Morgan fingerprint density at radius 1 is 1.33 bits per heavy atom. The molecule has 1 aromatic rings. The lowest BCUT2D eigenvalue weighted by Gasteiger charge is -2.26. The van der Waals surface area contributed by atoms with Gasteiger partial charge in [0.05, 0.1) is 16.4 Å². The number of benzene rings is 1. The van der Waals surface area contributed by atoms with E-state index in [2.05, 4.69) is 5.43 Å². The summed E-state index contributed by atoms with van der Waals surface area (Å²) in [5, 5.41) is 10.9. The number of anilines is 1. The van der Waals surface area contributed by atoms with Crippen LogP contribution in [0, 0.1) is 10.1 Å². The number of nitro groups is 1. The SMILES string of the molecule is NNc1ccc(C(=O)N2CCS(=O)(=O)CC2)cc1[N+](=O)[O-]. The largest absolute Gasteiger partial charge is 0.337 e. The summed E-state index contributed by atoms with van der Waals surface area (Å²) in [4.78, 5) is 23.9. The molecule has 0 unspecified atom stereocenters. The monoisotopic (exact) mass is 314 g/mol. The summed E-state index contributed by atoms with van der Waals surface area (Å²) in [5.74, 6) is 4.55. The van der Waals surface area contributed by atoms with Crippen LogP contribution in [0.25, 0.3) is 0 Å². The number of hydrogen-bond acceptors (Lipinski definition) is 7. The van der Waals surface area contributed by atoms with Crippen molar-refractivity contribution in [2.24, 2.45) is 5.84 Å². The van der Waals surface area contributed by atoms with E-state index in [0.717, 1.165) is 6.07 Å². The van der Waals surface area contributed by atoms with Gasteiger partial charge in [-0.25, -0.2) is 8.42 Å². The standard InChI is InChI=1S/C11H14N4O5S/c12-13-9-2-1-8(7-10(9)15(17)18)11(16)14-3-5-21(19,20)6-4-14/h1-2,7,13H,3-6,12H2. The molecule has 0 bridgehead atoms. The molecule has 1 amide bonds. The van der Waals surface area contributed by atoms with Crippen LogP contribution in [-0.4, -0.2) is 48.7 Å². The number of carbonyl (C=O) groups excluding carboxylic acids is 1. The number of nitrogens with one attached hydrogen (secondary N) is 1. The van der Waals surface area contributed by atoms with Crippen LogP contribution in [0.3, 0.4) is 0 Å². The number of carbonyl (C=O) groups is 1. The number of nitrogen functional groups attached to an aromatic ring is 1. The van der Waals surface area contributed by atoms with Crippen molar-refractivity contribution in [3.63, 3.8) is 0 Å². The maximum atomic E-state index is 12.2. The fourth-order valence-electron chi connectivity index (χ4n) is 2.04. The van der Waals surface area contributed by atoms with Crippen LogP contribution in [-0.2, 0) is 9.84 Å². The Balaban J connectivity index is 2.24. The maximum absolute atomic E-state index is 12.2. The smallest absolute Gasteiger partial charge is 0.294 e. The summed E-state index contributed by atoms with van der Waals surface area (Å²) in [5.41, 5.74) is 2.10. The molecule has 0 spiro atoms. The molecule has 0 aliphatic carbocycles. The van der Waals surface area contributed by atoms with E-state index in [4.69, 9.17) is 5.84 Å². The normalized spacial score (nSPS) is 17.3. The molecule has 3 N–H and O–H groups in total. The van der Waals surface area contributed by atoms with Gasteiger partial charge in [-0.1, -0.05) is 0 Å². The summed E-state index contributed by atoms with van der Waals surface area (Å²) in [7, 11) is -3.09. The average Bonchev–Trinajstić information content (AvgIpc) is 2.45. The number of rotatable bonds is 3. The van der Waals surface area contributed by atoms with Crippen molar-refractivity contribution >= 4 is 27.1 Å². The molecule has 1 saturated heterocycles. The zero-order valence-electron chi connectivity index (χ0n) is 11.0. The van der Waals surface area contributed by atoms with E-state index in [0.29, 0.717) is 0 Å². The van der Waals surface area contributed by atoms with Crippen molar-refractivity contribution in [3.8, 4) is 0 Å². The minimum atomic E-state index is -3.09. The summed E-state index contributed by atoms with van der Waals surface area (Å²) in [6.45, 7) is 0.178. The van der Waals surface area contributed by atoms with Gasteiger partial charge in [0.25, 0.3) is 11.6 Å². The zero-order valence-corrected chi connectivity index (χ0v) is 11.8. The van der Waals surface area contributed by atoms with E-state index >= 15 is 0 Å². The van der Waals surface area contributed by atoms with Gasteiger partial charge in [-0.05, 0) is 12.1 Å². The van der Waals surface area contributed by atoms with Gasteiger partial charge >= 0.3 is 0 Å². The summed E-state index contributed by atoms with van der Waals surface area (Å²) < 4.78 is 22.7. The fraction of sp³-hybridized carbons (Fsp3) is 0.364. The number of nitrogens with two attached hydrogens (primary N) is 1. The topological polar surface area (TPSA) is 136 Å². The van der Waals surface area contributed by atoms with Crippen molar-refractivity contribution in [3.05, 3.63) is 33.9 Å². The Morgan fingerprint density at radius 3 is 2.48 bits per heavy atom. The Kier molecular flexibility index (Phi) is 4.09. The van der Waals surface area contributed by atoms with E-state index < -0.39 is 20.7 Å². The molecule has 0 radical (unpaired) electrons. The second-order valence-corrected chi connectivity index (χ2v) is 6.88. The quantitative estimate of drug-likeness (QED) is 0.446. The number of nitro benzene ring substituents is 1. The van der Waals surface area contributed by atoms with E-state index in [1.807, 2.05) is 0 Å². The van der Waals surface area contributed by atoms with E-state index in [1.54, 1.807) is 0 Å². The third-order valence-corrected chi connectivity index (χ3v) is 4.84. The molecule has 1 aliphatic heterocycles. The van der Waals surface area contributed by atoms with Gasteiger partial charge in [0.1, 0.15) is 5.69 Å². The predicted molar refractivity (Wildman–Crippen MR) is 75.5 cm³/mol. The number of sulfone groups is 1. The van der Waals surface area contributed by atoms with Crippen LogP contribution in [0.15, 0.2) is 18.2 Å². The highest BCUT2D eigenvalue weighted by Crippen LogP contribution is 2.25. The van der Waals surface area contributed by atoms with Gasteiger partial charge < -0.3 is 10.3 Å². The molecule has 10 heteroatoms. The molecule has 0 aromatic heterocycles. The van der Waals surface area contributed by atoms with Crippen molar-refractivity contribution in [1.29, 1.82) is 0 Å². The third-order valence-electron chi connectivity index (χ3n) is 3.23. The molecule has 1 fully saturated rings. The number of hydrogen-bond donors (Lipinski definition) is 2. The lowest BCUT2D eigenvalue weighted by Crippen LogP contribution is -2.43. The molecule has 9 nitrogen and oxygen atoms in total. The van der Waals surface area contributed by atoms with Crippen molar-refractivity contribution < 1.29 is 18.1 Å². The first-order chi connectivity index (χ1) is 9.84. The second kappa shape index (κ2) is 5.66. The van der Waals surface area contributed by atoms with E-state index in [9.17, 15) is 23.3 Å². The molecule has 114 valence electrons. The minimum Gasteiger partial charge on any atom is -0.337 e. The van der Waals surface area contributed by atoms with Crippen molar-refractivity contribution in [1.82, 2.24) is 4.90 Å². The van der Waals surface area contributed by atoms with E-state index in [-0.39, 0.29) is 41.5 Å². The van der Waals surface area contributed by atoms with Gasteiger partial charge in [-0.3, -0.25) is 20.8 Å². The van der Waals surface area contributed by atoms with Crippen LogP contribution in [0.2, 0.25) is 0 Å². The molecule has 1 aromatic carbocycles. The Bertz CT molecular complexity index is 674. The highest BCUT2D eigenvalue weighted by Gasteiger charge is 2.27. The first-order valence-electron chi connectivity index (χ1n) is 6.09. The fourth-order valence-corrected chi connectivity index (χ4v) is 3.24. The highest BCUT2D eigenvalue weighted by molar-refractivity contribution is 7.91. The maximum Gasteiger partial charge on any atom is 0.294 e. The van der Waals surface area contributed by atoms with Crippen LogP contribution < -0.4 is 11.3 Å². The number of amides is 1. The Labute approximate surface area is 120 Å². The summed E-state index contributed by atoms with van der Waals surface area (Å²) in [6, 6.07) is 3.88. The summed E-state index contributed by atoms with van der Waals surface area (Å²) in [6.07, 6.45) is 0. The van der Waals surface area contributed by atoms with Gasteiger partial charge in [-0.15, -0.1) is 0 Å². The minimum absolute atomic E-state index is 0.0891. The molecule has 2 rings (SSSR count). The lowest BCUT2D eigenvalue weighted by atomic mass is 10.1. The average molecular weight is 314 g/mol. The third kappa shape index (κ3) is 3.28. The Hall–Kier alpha value is -2.20. The van der Waals surface area contributed by atoms with Gasteiger partial charge in [0.2, 0.25) is 0 Å². The highest BCUT2D eigenvalue weighted by atomic mass is 32.2. The number of nitrogens with zero attached hydrogens (tertiary/aromatic N) is 2. The second-order valence-electron chi connectivity index (χ2n) is 4.58. The molecule has 0 saturated carbocycles. The van der Waals surface area contributed by atoms with Crippen molar-refractivity contribution in [2.75, 3.05) is 30.0 Å². The molecular formula is C11H14N4O5S. The Morgan fingerprint density at radius 2 is 1.95 bits per heavy atom. The zero-order chi connectivity index (χ0) is 15.6. The molecule has 0 atom stereocenters. The molecular weight excluding hydrogens is 300 g/mol. The first kappa shape index (κ1) is 15.2. The van der Waals surface area contributed by atoms with Crippen molar-refractivity contribution in [2.45, 2.75) is 0 Å². The van der Waals surface area contributed by atoms with E-state index in [1.165, 1.54) is 17.0 Å². The predicted octanol–water partition coefficient (Wildman–Crippen LogP) is -0.249. The molecule has 21 heavy (non-hydrogen) atoms.